The van der Waals surface area contributed by atoms with Gasteiger partial charge in [0.15, 0.2) is 0 Å². The molecule has 0 aromatic carbocycles. The summed E-state index contributed by atoms with van der Waals surface area (Å²) in [5.74, 6) is 0.179. The molecule has 1 saturated heterocycles. The molecular formula is C11H22ClN3O. The second-order valence-electron chi connectivity index (χ2n) is 5.32. The molecule has 0 spiro atoms. The summed E-state index contributed by atoms with van der Waals surface area (Å²) in [4.78, 5) is 13.8. The molecule has 0 aromatic heterocycles. The lowest BCUT2D eigenvalue weighted by atomic mass is 9.90. The van der Waals surface area contributed by atoms with Crippen LogP contribution in [0.4, 0.5) is 0 Å². The first kappa shape index (κ1) is 13.7. The fourth-order valence-electron chi connectivity index (χ4n) is 2.13. The summed E-state index contributed by atoms with van der Waals surface area (Å²) < 4.78 is 0. The molecule has 1 heterocycles. The maximum atomic E-state index is 11.6. The number of nitrogens with one attached hydrogen (secondary N) is 1. The highest BCUT2D eigenvalue weighted by Gasteiger charge is 2.33. The first-order valence-corrected chi connectivity index (χ1v) is 5.83. The van der Waals surface area contributed by atoms with E-state index in [0.29, 0.717) is 19.1 Å². The van der Waals surface area contributed by atoms with Crippen molar-refractivity contribution in [3.63, 3.8) is 0 Å². The molecule has 1 atom stereocenters. The van der Waals surface area contributed by atoms with Gasteiger partial charge in [-0.1, -0.05) is 6.92 Å². The Balaban J connectivity index is 0.00000128. The fraction of sp³-hybridized carbons (Fsp3) is 0.909. The van der Waals surface area contributed by atoms with E-state index in [-0.39, 0.29) is 23.7 Å². The molecule has 1 unspecified atom stereocenters. The van der Waals surface area contributed by atoms with Crippen LogP contribution in [-0.4, -0.2) is 43.0 Å². The van der Waals surface area contributed by atoms with Crippen molar-refractivity contribution in [3.8, 4) is 0 Å². The lowest BCUT2D eigenvalue weighted by Gasteiger charge is -2.22. The van der Waals surface area contributed by atoms with Gasteiger partial charge < -0.3 is 11.1 Å². The minimum atomic E-state index is 0. The standard InChI is InChI=1S/C11H21N3O.ClH/c1-11(7-12)4-5-14(8-11)6-10(15)13-9-2-3-9;/h9H,2-8,12H2,1H3,(H,13,15);1H. The molecule has 5 heteroatoms. The van der Waals surface area contributed by atoms with Crippen molar-refractivity contribution in [3.05, 3.63) is 0 Å². The molecule has 0 bridgehead atoms. The third-order valence-corrected chi connectivity index (χ3v) is 3.44. The minimum absolute atomic E-state index is 0. The summed E-state index contributed by atoms with van der Waals surface area (Å²) in [6, 6.07) is 0.473. The largest absolute Gasteiger partial charge is 0.352 e. The molecule has 1 aliphatic carbocycles. The lowest BCUT2D eigenvalue weighted by molar-refractivity contribution is -0.122. The monoisotopic (exact) mass is 247 g/mol. The molecule has 4 nitrogen and oxygen atoms in total. The molecule has 2 aliphatic rings. The Morgan fingerprint density at radius 2 is 2.25 bits per heavy atom. The van der Waals surface area contributed by atoms with Crippen molar-refractivity contribution in [2.24, 2.45) is 11.1 Å². The van der Waals surface area contributed by atoms with E-state index >= 15 is 0 Å². The summed E-state index contributed by atoms with van der Waals surface area (Å²) in [6.07, 6.45) is 3.43. The third kappa shape index (κ3) is 3.61. The number of halogens is 1. The van der Waals surface area contributed by atoms with Crippen molar-refractivity contribution in [2.75, 3.05) is 26.2 Å². The lowest BCUT2D eigenvalue weighted by Crippen LogP contribution is -2.39. The van der Waals surface area contributed by atoms with Crippen molar-refractivity contribution >= 4 is 18.3 Å². The SMILES string of the molecule is CC1(CN)CCN(CC(=O)NC2CC2)C1.Cl. The normalized spacial score (nSPS) is 29.9. The van der Waals surface area contributed by atoms with Gasteiger partial charge in [-0.25, -0.2) is 0 Å². The van der Waals surface area contributed by atoms with E-state index in [1.54, 1.807) is 0 Å². The first-order chi connectivity index (χ1) is 7.11. The Kier molecular flexibility index (Phi) is 4.59. The maximum absolute atomic E-state index is 11.6. The van der Waals surface area contributed by atoms with Gasteiger partial charge in [0.1, 0.15) is 0 Å². The van der Waals surface area contributed by atoms with Crippen LogP contribution >= 0.6 is 12.4 Å². The van der Waals surface area contributed by atoms with Crippen molar-refractivity contribution in [1.82, 2.24) is 10.2 Å². The summed E-state index contributed by atoms with van der Waals surface area (Å²) in [7, 11) is 0. The number of rotatable bonds is 4. The Bertz CT molecular complexity index is 258. The van der Waals surface area contributed by atoms with E-state index in [1.165, 1.54) is 0 Å². The number of carbonyl (C=O) groups excluding carboxylic acids is 1. The Hall–Kier alpha value is -0.320. The van der Waals surface area contributed by atoms with Crippen LogP contribution in [0, 0.1) is 5.41 Å². The number of hydrogen-bond donors (Lipinski definition) is 2. The maximum Gasteiger partial charge on any atom is 0.234 e. The molecule has 16 heavy (non-hydrogen) atoms. The highest BCUT2D eigenvalue weighted by Crippen LogP contribution is 2.28. The Morgan fingerprint density at radius 1 is 1.56 bits per heavy atom. The smallest absolute Gasteiger partial charge is 0.234 e. The van der Waals surface area contributed by atoms with Crippen LogP contribution in [0.1, 0.15) is 26.2 Å². The molecule has 2 rings (SSSR count). The highest BCUT2D eigenvalue weighted by atomic mass is 35.5. The van der Waals surface area contributed by atoms with Crippen LogP contribution in [0.25, 0.3) is 0 Å². The van der Waals surface area contributed by atoms with E-state index in [9.17, 15) is 4.79 Å². The zero-order valence-electron chi connectivity index (χ0n) is 9.87. The molecular weight excluding hydrogens is 226 g/mol. The average Bonchev–Trinajstić information content (AvgIpc) is 2.91. The summed E-state index contributed by atoms with van der Waals surface area (Å²) in [6.45, 7) is 5.43. The molecule has 1 amide bonds. The zero-order chi connectivity index (χ0) is 10.9. The van der Waals surface area contributed by atoms with E-state index < -0.39 is 0 Å². The van der Waals surface area contributed by atoms with Crippen LogP contribution in [0.5, 0.6) is 0 Å². The van der Waals surface area contributed by atoms with Gasteiger partial charge in [0.05, 0.1) is 6.54 Å². The summed E-state index contributed by atoms with van der Waals surface area (Å²) in [5.41, 5.74) is 5.95. The van der Waals surface area contributed by atoms with E-state index in [0.717, 1.165) is 32.4 Å². The van der Waals surface area contributed by atoms with Gasteiger partial charge in [0.25, 0.3) is 0 Å². The van der Waals surface area contributed by atoms with Gasteiger partial charge in [-0.05, 0) is 37.8 Å². The van der Waals surface area contributed by atoms with Gasteiger partial charge in [-0.2, -0.15) is 0 Å². The number of amides is 1. The fourth-order valence-corrected chi connectivity index (χ4v) is 2.13. The van der Waals surface area contributed by atoms with Gasteiger partial charge in [-0.3, -0.25) is 9.69 Å². The molecule has 1 saturated carbocycles. The van der Waals surface area contributed by atoms with Gasteiger partial charge in [0.2, 0.25) is 5.91 Å². The number of likely N-dealkylation sites (tertiary alicyclic amines) is 1. The second-order valence-corrected chi connectivity index (χ2v) is 5.32. The van der Waals surface area contributed by atoms with Crippen LogP contribution < -0.4 is 11.1 Å². The highest BCUT2D eigenvalue weighted by molar-refractivity contribution is 5.85. The van der Waals surface area contributed by atoms with Crippen molar-refractivity contribution < 1.29 is 4.79 Å². The summed E-state index contributed by atoms with van der Waals surface area (Å²) >= 11 is 0. The first-order valence-electron chi connectivity index (χ1n) is 5.83. The van der Waals surface area contributed by atoms with E-state index in [2.05, 4.69) is 17.1 Å². The topological polar surface area (TPSA) is 58.4 Å². The van der Waals surface area contributed by atoms with Gasteiger partial charge in [-0.15, -0.1) is 12.4 Å². The van der Waals surface area contributed by atoms with Crippen LogP contribution in [0.15, 0.2) is 0 Å². The Morgan fingerprint density at radius 3 is 2.75 bits per heavy atom. The summed E-state index contributed by atoms with van der Waals surface area (Å²) in [5, 5.41) is 3.01. The van der Waals surface area contributed by atoms with Gasteiger partial charge in [0, 0.05) is 12.6 Å². The number of nitrogens with two attached hydrogens (primary N) is 1. The predicted octanol–water partition coefficient (Wildman–Crippen LogP) is 0.358. The minimum Gasteiger partial charge on any atom is -0.352 e. The molecule has 3 N–H and O–H groups in total. The van der Waals surface area contributed by atoms with Crippen molar-refractivity contribution in [2.45, 2.75) is 32.2 Å². The second kappa shape index (κ2) is 5.34. The molecule has 0 aromatic rings. The van der Waals surface area contributed by atoms with E-state index in [4.69, 9.17) is 5.73 Å². The Labute approximate surface area is 103 Å². The quantitative estimate of drug-likeness (QED) is 0.754. The van der Waals surface area contributed by atoms with Crippen LogP contribution in [0.2, 0.25) is 0 Å². The van der Waals surface area contributed by atoms with E-state index in [1.807, 2.05) is 0 Å². The zero-order valence-corrected chi connectivity index (χ0v) is 10.7. The van der Waals surface area contributed by atoms with Crippen LogP contribution in [-0.2, 0) is 4.79 Å². The average molecular weight is 248 g/mol. The molecule has 1 aliphatic heterocycles. The van der Waals surface area contributed by atoms with Crippen molar-refractivity contribution in [1.29, 1.82) is 0 Å². The van der Waals surface area contributed by atoms with Gasteiger partial charge >= 0.3 is 0 Å². The third-order valence-electron chi connectivity index (χ3n) is 3.44. The molecule has 94 valence electrons. The number of carbonyl (C=O) groups is 1. The molecule has 2 fully saturated rings. The number of nitrogens with zero attached hydrogens (tertiary/aromatic N) is 1. The molecule has 0 radical (unpaired) electrons. The number of hydrogen-bond acceptors (Lipinski definition) is 3. The predicted molar refractivity (Wildman–Crippen MR) is 66.6 cm³/mol. The van der Waals surface area contributed by atoms with Crippen LogP contribution in [0.3, 0.4) is 0 Å².